The minimum Gasteiger partial charge on any atom is -0.497 e. The van der Waals surface area contributed by atoms with Crippen LogP contribution in [0.25, 0.3) is 0 Å². The molecule has 0 aliphatic heterocycles. The van der Waals surface area contributed by atoms with Gasteiger partial charge in [-0.15, -0.1) is 0 Å². The molecule has 0 radical (unpaired) electrons. The molecule has 7 heteroatoms. The highest BCUT2D eigenvalue weighted by atomic mass is 16.5. The van der Waals surface area contributed by atoms with E-state index in [1.54, 1.807) is 38.5 Å². The van der Waals surface area contributed by atoms with Gasteiger partial charge in [-0.3, -0.25) is 14.4 Å². The van der Waals surface area contributed by atoms with Crippen LogP contribution in [0.4, 0.5) is 34.1 Å². The third-order valence-electron chi connectivity index (χ3n) is 7.54. The molecule has 0 unspecified atom stereocenters. The third-order valence-corrected chi connectivity index (χ3v) is 7.54. The van der Waals surface area contributed by atoms with E-state index >= 15 is 0 Å². The Labute approximate surface area is 280 Å². The van der Waals surface area contributed by atoms with Gasteiger partial charge in [0.05, 0.1) is 14.2 Å². The van der Waals surface area contributed by atoms with E-state index in [1.807, 2.05) is 120 Å². The minimum absolute atomic E-state index is 0.620. The van der Waals surface area contributed by atoms with Crippen LogP contribution in [0.3, 0.4) is 0 Å². The predicted molar refractivity (Wildman–Crippen MR) is 192 cm³/mol. The highest BCUT2D eigenvalue weighted by Crippen LogP contribution is 2.36. The predicted octanol–water partition coefficient (Wildman–Crippen LogP) is 9.77. The molecule has 0 spiro atoms. The lowest BCUT2D eigenvalue weighted by molar-refractivity contribution is 0.111. The molecular weight excluding hydrogens is 600 g/mol. The van der Waals surface area contributed by atoms with Crippen LogP contribution in [-0.2, 0) is 0 Å². The van der Waals surface area contributed by atoms with Crippen molar-refractivity contribution in [3.05, 3.63) is 168 Å². The molecule has 6 aromatic rings. The quantitative estimate of drug-likeness (QED) is 0.131. The maximum atomic E-state index is 10.9. The van der Waals surface area contributed by atoms with Crippen LogP contribution in [0.15, 0.2) is 152 Å². The van der Waals surface area contributed by atoms with Gasteiger partial charge in [0.2, 0.25) is 0 Å². The third kappa shape index (κ3) is 8.02. The molecule has 6 rings (SSSR count). The van der Waals surface area contributed by atoms with Gasteiger partial charge in [-0.2, -0.15) is 0 Å². The van der Waals surface area contributed by atoms with Crippen LogP contribution in [0, 0.1) is 0 Å². The number of ether oxygens (including phenoxy) is 2. The van der Waals surface area contributed by atoms with Crippen molar-refractivity contribution in [1.82, 2.24) is 0 Å². The van der Waals surface area contributed by atoms with Gasteiger partial charge in [-0.25, -0.2) is 0 Å². The second kappa shape index (κ2) is 16.2. The van der Waals surface area contributed by atoms with Crippen molar-refractivity contribution >= 4 is 53.0 Å². The summed E-state index contributed by atoms with van der Waals surface area (Å²) in [4.78, 5) is 36.9. The summed E-state index contributed by atoms with van der Waals surface area (Å²) in [5.74, 6) is 1.59. The largest absolute Gasteiger partial charge is 0.497 e. The second-order valence-electron chi connectivity index (χ2n) is 10.5. The molecule has 7 nitrogen and oxygen atoms in total. The molecule has 48 heavy (non-hydrogen) atoms. The van der Waals surface area contributed by atoms with E-state index in [4.69, 9.17) is 9.47 Å². The zero-order valence-corrected chi connectivity index (χ0v) is 26.6. The Morgan fingerprint density at radius 2 is 0.604 bits per heavy atom. The molecule has 0 saturated heterocycles. The molecule has 0 saturated carbocycles. The van der Waals surface area contributed by atoms with Crippen LogP contribution in [-0.4, -0.2) is 33.1 Å². The molecule has 0 amide bonds. The molecule has 0 aliphatic rings. The standard InChI is InChI=1S/C21H17NO3.C20H17NO2/c1-25-21-12-10-20(11-13-21)22(18-6-2-16(14-23)3-7-18)19-8-4-17(15-24)5-9-19;1-23-20-13-11-19(12-14-20)21(17-5-3-2-4-6-17)18-9-7-16(15-22)8-10-18/h2-15H,1H3;2-15H,1H3. The first-order valence-corrected chi connectivity index (χ1v) is 15.2. The van der Waals surface area contributed by atoms with Gasteiger partial charge < -0.3 is 19.3 Å². The lowest BCUT2D eigenvalue weighted by Crippen LogP contribution is -2.10. The number of carbonyl (C=O) groups excluding carboxylic acids is 3. The fourth-order valence-electron chi connectivity index (χ4n) is 5.04. The van der Waals surface area contributed by atoms with Crippen LogP contribution < -0.4 is 19.3 Å². The van der Waals surface area contributed by atoms with Gasteiger partial charge in [0.15, 0.2) is 0 Å². The molecule has 0 aromatic heterocycles. The summed E-state index contributed by atoms with van der Waals surface area (Å²) in [5.41, 5.74) is 7.74. The Morgan fingerprint density at radius 3 is 0.854 bits per heavy atom. The summed E-state index contributed by atoms with van der Waals surface area (Å²) < 4.78 is 10.5. The average molecular weight is 635 g/mol. The van der Waals surface area contributed by atoms with Crippen molar-refractivity contribution in [3.63, 3.8) is 0 Å². The van der Waals surface area contributed by atoms with E-state index < -0.39 is 0 Å². The van der Waals surface area contributed by atoms with Gasteiger partial charge >= 0.3 is 0 Å². The molecule has 0 aliphatic carbocycles. The van der Waals surface area contributed by atoms with Gasteiger partial charge in [0.1, 0.15) is 30.4 Å². The molecule has 0 N–H and O–H groups in total. The number of carbonyl (C=O) groups is 3. The van der Waals surface area contributed by atoms with Crippen LogP contribution >= 0.6 is 0 Å². The smallest absolute Gasteiger partial charge is 0.150 e. The van der Waals surface area contributed by atoms with Crippen LogP contribution in [0.2, 0.25) is 0 Å². The highest BCUT2D eigenvalue weighted by molar-refractivity contribution is 5.83. The van der Waals surface area contributed by atoms with Crippen molar-refractivity contribution in [2.75, 3.05) is 24.0 Å². The number of hydrogen-bond acceptors (Lipinski definition) is 7. The van der Waals surface area contributed by atoms with Crippen molar-refractivity contribution < 1.29 is 23.9 Å². The first-order chi connectivity index (χ1) is 23.6. The first kappa shape index (κ1) is 32.9. The average Bonchev–Trinajstić information content (AvgIpc) is 3.17. The second-order valence-corrected chi connectivity index (χ2v) is 10.5. The lowest BCUT2D eigenvalue weighted by Gasteiger charge is -2.25. The monoisotopic (exact) mass is 634 g/mol. The molecular formula is C41H34N2O5. The Morgan fingerprint density at radius 1 is 0.354 bits per heavy atom. The van der Waals surface area contributed by atoms with Crippen molar-refractivity contribution in [2.24, 2.45) is 0 Å². The van der Waals surface area contributed by atoms with Crippen molar-refractivity contribution in [2.45, 2.75) is 0 Å². The van der Waals surface area contributed by atoms with Gasteiger partial charge in [-0.05, 0) is 133 Å². The fourth-order valence-corrected chi connectivity index (χ4v) is 5.04. The summed E-state index contributed by atoms with van der Waals surface area (Å²) in [6.07, 6.45) is 2.49. The van der Waals surface area contributed by atoms with E-state index in [9.17, 15) is 14.4 Å². The Bertz CT molecular complexity index is 1860. The number of nitrogens with zero attached hydrogens (tertiary/aromatic N) is 2. The Kier molecular flexibility index (Phi) is 11.1. The van der Waals surface area contributed by atoms with E-state index in [1.165, 1.54) is 0 Å². The fraction of sp³-hybridized carbons (Fsp3) is 0.0488. The maximum Gasteiger partial charge on any atom is 0.150 e. The topological polar surface area (TPSA) is 76.2 Å². The SMILES string of the molecule is COc1ccc(N(c2ccc(C=O)cc2)c2ccc(C=O)cc2)cc1.COc1ccc(N(c2ccccc2)c2ccc(C=O)cc2)cc1. The number of hydrogen-bond donors (Lipinski definition) is 0. The van der Waals surface area contributed by atoms with Gasteiger partial charge in [-0.1, -0.05) is 18.2 Å². The summed E-state index contributed by atoms with van der Waals surface area (Å²) in [7, 11) is 3.28. The number of aldehydes is 3. The van der Waals surface area contributed by atoms with Gasteiger partial charge in [0.25, 0.3) is 0 Å². The lowest BCUT2D eigenvalue weighted by atomic mass is 10.1. The van der Waals surface area contributed by atoms with Crippen LogP contribution in [0.1, 0.15) is 31.1 Å². The summed E-state index contributed by atoms with van der Waals surface area (Å²) in [6, 6.07) is 47.9. The number of rotatable bonds is 11. The van der Waals surface area contributed by atoms with Gasteiger partial charge in [0, 0.05) is 50.8 Å². The van der Waals surface area contributed by atoms with E-state index in [0.29, 0.717) is 16.7 Å². The molecule has 0 fully saturated rings. The normalized spacial score (nSPS) is 10.1. The Balaban J connectivity index is 0.000000188. The molecule has 0 atom stereocenters. The van der Waals surface area contributed by atoms with Crippen molar-refractivity contribution in [3.8, 4) is 11.5 Å². The number of anilines is 6. The summed E-state index contributed by atoms with van der Waals surface area (Å²) in [5, 5.41) is 0. The number of benzene rings is 6. The number of para-hydroxylation sites is 1. The number of methoxy groups -OCH3 is 2. The molecule has 0 heterocycles. The van der Waals surface area contributed by atoms with E-state index in [2.05, 4.69) is 17.0 Å². The summed E-state index contributed by atoms with van der Waals surface area (Å²) >= 11 is 0. The molecule has 6 aromatic carbocycles. The van der Waals surface area contributed by atoms with Crippen molar-refractivity contribution in [1.29, 1.82) is 0 Å². The van der Waals surface area contributed by atoms with E-state index in [-0.39, 0.29) is 0 Å². The zero-order valence-electron chi connectivity index (χ0n) is 26.6. The first-order valence-electron chi connectivity index (χ1n) is 15.2. The Hall–Kier alpha value is -6.47. The van der Waals surface area contributed by atoms with Crippen LogP contribution in [0.5, 0.6) is 11.5 Å². The maximum absolute atomic E-state index is 10.9. The molecule has 0 bridgehead atoms. The van der Waals surface area contributed by atoms with E-state index in [0.717, 1.165) is 64.5 Å². The summed E-state index contributed by atoms with van der Waals surface area (Å²) in [6.45, 7) is 0. The minimum atomic E-state index is 0.620. The highest BCUT2D eigenvalue weighted by Gasteiger charge is 2.14. The molecule has 238 valence electrons. The zero-order chi connectivity index (χ0) is 33.7.